The van der Waals surface area contributed by atoms with Crippen LogP contribution in [0.4, 0.5) is 0 Å². The first-order valence-corrected chi connectivity index (χ1v) is 7.89. The summed E-state index contributed by atoms with van der Waals surface area (Å²) in [5, 5.41) is 3.61. The molecule has 2 fully saturated rings. The third-order valence-electron chi connectivity index (χ3n) is 4.69. The summed E-state index contributed by atoms with van der Waals surface area (Å²) in [6.07, 6.45) is 5.94. The molecule has 0 radical (unpaired) electrons. The van der Waals surface area contributed by atoms with E-state index < -0.39 is 0 Å². The van der Waals surface area contributed by atoms with Gasteiger partial charge in [0.25, 0.3) is 0 Å². The maximum Gasteiger partial charge on any atom is 0.239 e. The Morgan fingerprint density at radius 2 is 2.11 bits per heavy atom. The zero-order valence-corrected chi connectivity index (χ0v) is 12.7. The van der Waals surface area contributed by atoms with E-state index >= 15 is 0 Å². The van der Waals surface area contributed by atoms with E-state index in [1.54, 1.807) is 0 Å². The van der Waals surface area contributed by atoms with Crippen molar-refractivity contribution in [2.24, 2.45) is 0 Å². The summed E-state index contributed by atoms with van der Waals surface area (Å²) < 4.78 is 0. The Bertz CT molecular complexity index is 308. The van der Waals surface area contributed by atoms with Crippen LogP contribution in [0.5, 0.6) is 0 Å². The van der Waals surface area contributed by atoms with Crippen LogP contribution in [0.25, 0.3) is 0 Å². The molecule has 2 saturated heterocycles. The van der Waals surface area contributed by atoms with Gasteiger partial charge >= 0.3 is 0 Å². The van der Waals surface area contributed by atoms with Gasteiger partial charge in [-0.2, -0.15) is 0 Å². The maximum absolute atomic E-state index is 12.3. The Kier molecular flexibility index (Phi) is 5.22. The zero-order valence-electron chi connectivity index (χ0n) is 12.7. The van der Waals surface area contributed by atoms with Crippen LogP contribution < -0.4 is 5.32 Å². The standard InChI is InChI=1S/C15H29N3O/c1-4-9-16-12(2)13-7-5-6-10-18(13)14-8-11-17(3)15(14)19/h12-14,16H,4-11H2,1-3H3. The quantitative estimate of drug-likeness (QED) is 0.819. The number of likely N-dealkylation sites (tertiary alicyclic amines) is 2. The highest BCUT2D eigenvalue weighted by Crippen LogP contribution is 2.26. The molecule has 2 aliphatic heterocycles. The van der Waals surface area contributed by atoms with Gasteiger partial charge in [-0.15, -0.1) is 0 Å². The molecule has 1 N–H and O–H groups in total. The van der Waals surface area contributed by atoms with Crippen LogP contribution in [-0.2, 0) is 4.79 Å². The third kappa shape index (κ3) is 3.29. The predicted octanol–water partition coefficient (Wildman–Crippen LogP) is 1.46. The molecule has 0 aromatic rings. The average molecular weight is 267 g/mol. The minimum absolute atomic E-state index is 0.140. The van der Waals surface area contributed by atoms with Gasteiger partial charge in [-0.05, 0) is 45.7 Å². The minimum atomic E-state index is 0.140. The second kappa shape index (κ2) is 6.71. The molecular formula is C15H29N3O. The van der Waals surface area contributed by atoms with Gasteiger partial charge in [0.2, 0.25) is 5.91 Å². The fourth-order valence-electron chi connectivity index (χ4n) is 3.52. The molecule has 0 aromatic heterocycles. The first kappa shape index (κ1) is 14.8. The van der Waals surface area contributed by atoms with Gasteiger partial charge in [0.15, 0.2) is 0 Å². The van der Waals surface area contributed by atoms with E-state index in [2.05, 4.69) is 24.1 Å². The summed E-state index contributed by atoms with van der Waals surface area (Å²) >= 11 is 0. The Hall–Kier alpha value is -0.610. The normalized spacial score (nSPS) is 30.9. The molecule has 0 spiro atoms. The van der Waals surface area contributed by atoms with E-state index in [-0.39, 0.29) is 6.04 Å². The summed E-state index contributed by atoms with van der Waals surface area (Å²) in [5.74, 6) is 0.328. The fourth-order valence-corrected chi connectivity index (χ4v) is 3.52. The van der Waals surface area contributed by atoms with Crippen molar-refractivity contribution in [1.82, 2.24) is 15.1 Å². The van der Waals surface area contributed by atoms with Crippen molar-refractivity contribution in [3.8, 4) is 0 Å². The van der Waals surface area contributed by atoms with E-state index in [1.165, 1.54) is 25.7 Å². The number of hydrogen-bond acceptors (Lipinski definition) is 3. The first-order valence-electron chi connectivity index (χ1n) is 7.89. The second-order valence-electron chi connectivity index (χ2n) is 6.11. The Morgan fingerprint density at radius 3 is 2.74 bits per heavy atom. The topological polar surface area (TPSA) is 35.6 Å². The van der Waals surface area contributed by atoms with Gasteiger partial charge in [0.1, 0.15) is 0 Å². The smallest absolute Gasteiger partial charge is 0.239 e. The molecule has 0 bridgehead atoms. The van der Waals surface area contributed by atoms with Gasteiger partial charge < -0.3 is 10.2 Å². The number of amides is 1. The molecule has 2 heterocycles. The van der Waals surface area contributed by atoms with Gasteiger partial charge in [-0.25, -0.2) is 0 Å². The lowest BCUT2D eigenvalue weighted by molar-refractivity contribution is -0.132. The Labute approximate surface area is 117 Å². The second-order valence-corrected chi connectivity index (χ2v) is 6.11. The number of rotatable bonds is 5. The average Bonchev–Trinajstić information content (AvgIpc) is 2.76. The monoisotopic (exact) mass is 267 g/mol. The molecule has 19 heavy (non-hydrogen) atoms. The summed E-state index contributed by atoms with van der Waals surface area (Å²) in [7, 11) is 1.93. The third-order valence-corrected chi connectivity index (χ3v) is 4.69. The van der Waals surface area contributed by atoms with Crippen LogP contribution >= 0.6 is 0 Å². The predicted molar refractivity (Wildman–Crippen MR) is 78.1 cm³/mol. The lowest BCUT2D eigenvalue weighted by atomic mass is 9.94. The van der Waals surface area contributed by atoms with Crippen LogP contribution in [0.2, 0.25) is 0 Å². The number of nitrogens with one attached hydrogen (secondary N) is 1. The summed E-state index contributed by atoms with van der Waals surface area (Å²) in [5.41, 5.74) is 0. The van der Waals surface area contributed by atoms with E-state index in [1.807, 2.05) is 11.9 Å². The highest BCUT2D eigenvalue weighted by atomic mass is 16.2. The number of carbonyl (C=O) groups is 1. The SMILES string of the molecule is CCCNC(C)C1CCCCN1C1CCN(C)C1=O. The number of piperidine rings is 1. The van der Waals surface area contributed by atoms with Gasteiger partial charge in [-0.3, -0.25) is 9.69 Å². The molecule has 3 unspecified atom stereocenters. The molecule has 0 aliphatic carbocycles. The van der Waals surface area contributed by atoms with E-state index in [0.29, 0.717) is 18.0 Å². The van der Waals surface area contributed by atoms with Crippen LogP contribution in [0.1, 0.15) is 46.0 Å². The lowest BCUT2D eigenvalue weighted by Crippen LogP contribution is -2.56. The largest absolute Gasteiger partial charge is 0.344 e. The summed E-state index contributed by atoms with van der Waals surface area (Å²) in [4.78, 5) is 16.6. The van der Waals surface area contributed by atoms with Crippen molar-refractivity contribution < 1.29 is 4.79 Å². The van der Waals surface area contributed by atoms with Crippen molar-refractivity contribution in [2.75, 3.05) is 26.7 Å². The zero-order chi connectivity index (χ0) is 13.8. The van der Waals surface area contributed by atoms with Crippen molar-refractivity contribution in [3.05, 3.63) is 0 Å². The Balaban J connectivity index is 2.01. The fraction of sp³-hybridized carbons (Fsp3) is 0.933. The molecule has 2 aliphatic rings. The lowest BCUT2D eigenvalue weighted by Gasteiger charge is -2.42. The number of carbonyl (C=O) groups excluding carboxylic acids is 1. The molecule has 0 aromatic carbocycles. The van der Waals surface area contributed by atoms with Gasteiger partial charge in [0, 0.05) is 25.7 Å². The highest BCUT2D eigenvalue weighted by Gasteiger charge is 2.39. The minimum Gasteiger partial charge on any atom is -0.344 e. The van der Waals surface area contributed by atoms with E-state index in [9.17, 15) is 4.79 Å². The maximum atomic E-state index is 12.3. The van der Waals surface area contributed by atoms with Crippen molar-refractivity contribution in [1.29, 1.82) is 0 Å². The van der Waals surface area contributed by atoms with Crippen LogP contribution in [0, 0.1) is 0 Å². The van der Waals surface area contributed by atoms with Crippen molar-refractivity contribution in [2.45, 2.75) is 64.1 Å². The summed E-state index contributed by atoms with van der Waals surface area (Å²) in [6.45, 7) is 7.57. The highest BCUT2D eigenvalue weighted by molar-refractivity contribution is 5.83. The van der Waals surface area contributed by atoms with Crippen molar-refractivity contribution in [3.63, 3.8) is 0 Å². The molecule has 0 saturated carbocycles. The molecule has 4 heteroatoms. The summed E-state index contributed by atoms with van der Waals surface area (Å²) in [6, 6.07) is 1.15. The molecule has 2 rings (SSSR count). The molecular weight excluding hydrogens is 238 g/mol. The van der Waals surface area contributed by atoms with Gasteiger partial charge in [-0.1, -0.05) is 13.3 Å². The molecule has 4 nitrogen and oxygen atoms in total. The molecule has 3 atom stereocenters. The number of likely N-dealkylation sites (N-methyl/N-ethyl adjacent to an activating group) is 1. The van der Waals surface area contributed by atoms with Crippen LogP contribution in [0.15, 0.2) is 0 Å². The van der Waals surface area contributed by atoms with E-state index in [0.717, 1.165) is 26.1 Å². The number of hydrogen-bond donors (Lipinski definition) is 1. The number of nitrogens with zero attached hydrogens (tertiary/aromatic N) is 2. The molecule has 1 amide bonds. The van der Waals surface area contributed by atoms with Gasteiger partial charge in [0.05, 0.1) is 6.04 Å². The first-order chi connectivity index (χ1) is 9.15. The van der Waals surface area contributed by atoms with Crippen LogP contribution in [-0.4, -0.2) is 60.5 Å². The van der Waals surface area contributed by atoms with E-state index in [4.69, 9.17) is 0 Å². The molecule has 110 valence electrons. The Morgan fingerprint density at radius 1 is 1.32 bits per heavy atom. The van der Waals surface area contributed by atoms with Crippen LogP contribution in [0.3, 0.4) is 0 Å². The van der Waals surface area contributed by atoms with Crippen molar-refractivity contribution >= 4 is 5.91 Å².